The average Bonchev–Trinajstić information content (AvgIpc) is 2.55. The Morgan fingerprint density at radius 1 is 1.13 bits per heavy atom. The SMILES string of the molecule is CN(C)[C@H](CNC(=O)c1ccccc1[N+](=O)[O-])c1ccccc1. The van der Waals surface area contributed by atoms with E-state index in [0.717, 1.165) is 5.56 Å². The van der Waals surface area contributed by atoms with Gasteiger partial charge in [0.25, 0.3) is 11.6 Å². The fraction of sp³-hybridized carbons (Fsp3) is 0.235. The third-order valence-electron chi connectivity index (χ3n) is 3.61. The summed E-state index contributed by atoms with van der Waals surface area (Å²) in [5, 5.41) is 13.8. The van der Waals surface area contributed by atoms with Crippen LogP contribution < -0.4 is 5.32 Å². The van der Waals surface area contributed by atoms with Gasteiger partial charge in [0.1, 0.15) is 5.56 Å². The summed E-state index contributed by atoms with van der Waals surface area (Å²) in [7, 11) is 3.85. The summed E-state index contributed by atoms with van der Waals surface area (Å²) in [5.41, 5.74) is 0.953. The van der Waals surface area contributed by atoms with Crippen LogP contribution in [0, 0.1) is 10.1 Å². The number of nitrogens with zero attached hydrogens (tertiary/aromatic N) is 2. The molecule has 0 saturated heterocycles. The molecule has 0 fully saturated rings. The minimum Gasteiger partial charge on any atom is -0.350 e. The summed E-state index contributed by atoms with van der Waals surface area (Å²) in [6, 6.07) is 15.7. The molecule has 2 aromatic rings. The number of carbonyl (C=O) groups is 1. The third kappa shape index (κ3) is 4.14. The van der Waals surface area contributed by atoms with Crippen molar-refractivity contribution in [2.24, 2.45) is 0 Å². The predicted octanol–water partition coefficient (Wildman–Crippen LogP) is 2.63. The monoisotopic (exact) mass is 313 g/mol. The molecule has 23 heavy (non-hydrogen) atoms. The van der Waals surface area contributed by atoms with Gasteiger partial charge in [-0.3, -0.25) is 14.9 Å². The standard InChI is InChI=1S/C17H19N3O3/c1-19(2)16(13-8-4-3-5-9-13)12-18-17(21)14-10-6-7-11-15(14)20(22)23/h3-11,16H,12H2,1-2H3,(H,18,21)/t16-/m1/s1. The van der Waals surface area contributed by atoms with Gasteiger partial charge in [-0.15, -0.1) is 0 Å². The smallest absolute Gasteiger partial charge is 0.282 e. The van der Waals surface area contributed by atoms with Gasteiger partial charge >= 0.3 is 0 Å². The maximum absolute atomic E-state index is 12.3. The zero-order valence-corrected chi connectivity index (χ0v) is 13.1. The molecule has 120 valence electrons. The van der Waals surface area contributed by atoms with Gasteiger partial charge in [-0.1, -0.05) is 42.5 Å². The molecule has 0 spiro atoms. The molecule has 2 rings (SSSR count). The Morgan fingerprint density at radius 2 is 1.74 bits per heavy atom. The highest BCUT2D eigenvalue weighted by Crippen LogP contribution is 2.19. The predicted molar refractivity (Wildman–Crippen MR) is 88.3 cm³/mol. The summed E-state index contributed by atoms with van der Waals surface area (Å²) in [6.07, 6.45) is 0. The first-order chi connectivity index (χ1) is 11.0. The van der Waals surface area contributed by atoms with Gasteiger partial charge < -0.3 is 10.2 Å². The van der Waals surface area contributed by atoms with Crippen LogP contribution in [0.15, 0.2) is 54.6 Å². The zero-order valence-electron chi connectivity index (χ0n) is 13.1. The van der Waals surface area contributed by atoms with Crippen LogP contribution in [0.1, 0.15) is 22.0 Å². The molecule has 0 aromatic heterocycles. The van der Waals surface area contributed by atoms with Crippen molar-refractivity contribution in [1.29, 1.82) is 0 Å². The van der Waals surface area contributed by atoms with Crippen LogP contribution >= 0.6 is 0 Å². The topological polar surface area (TPSA) is 75.5 Å². The second-order valence-corrected chi connectivity index (χ2v) is 5.37. The molecular weight excluding hydrogens is 294 g/mol. The Kier molecular flexibility index (Phi) is 5.43. The van der Waals surface area contributed by atoms with E-state index in [2.05, 4.69) is 5.32 Å². The lowest BCUT2D eigenvalue weighted by atomic mass is 10.1. The fourth-order valence-electron chi connectivity index (χ4n) is 2.38. The molecule has 2 aromatic carbocycles. The van der Waals surface area contributed by atoms with Crippen LogP contribution in [0.2, 0.25) is 0 Å². The van der Waals surface area contributed by atoms with Crippen molar-refractivity contribution >= 4 is 11.6 Å². The number of para-hydroxylation sites is 1. The van der Waals surface area contributed by atoms with Gasteiger partial charge in [-0.05, 0) is 25.7 Å². The van der Waals surface area contributed by atoms with E-state index >= 15 is 0 Å². The highest BCUT2D eigenvalue weighted by atomic mass is 16.6. The number of hydrogen-bond acceptors (Lipinski definition) is 4. The number of amides is 1. The number of likely N-dealkylation sites (N-methyl/N-ethyl adjacent to an activating group) is 1. The van der Waals surface area contributed by atoms with Crippen LogP contribution in [0.25, 0.3) is 0 Å². The van der Waals surface area contributed by atoms with E-state index < -0.39 is 10.8 Å². The molecule has 6 nitrogen and oxygen atoms in total. The number of hydrogen-bond donors (Lipinski definition) is 1. The Morgan fingerprint density at radius 3 is 2.35 bits per heavy atom. The van der Waals surface area contributed by atoms with E-state index in [1.165, 1.54) is 12.1 Å². The van der Waals surface area contributed by atoms with Crippen molar-refractivity contribution in [3.63, 3.8) is 0 Å². The van der Waals surface area contributed by atoms with E-state index in [9.17, 15) is 14.9 Å². The lowest BCUT2D eigenvalue weighted by Crippen LogP contribution is -2.34. The summed E-state index contributed by atoms with van der Waals surface area (Å²) in [6.45, 7) is 0.363. The largest absolute Gasteiger partial charge is 0.350 e. The van der Waals surface area contributed by atoms with E-state index in [1.807, 2.05) is 49.3 Å². The van der Waals surface area contributed by atoms with Gasteiger partial charge in [0.2, 0.25) is 0 Å². The average molecular weight is 313 g/mol. The Labute approximate surface area is 134 Å². The van der Waals surface area contributed by atoms with Gasteiger partial charge in [0, 0.05) is 12.6 Å². The maximum Gasteiger partial charge on any atom is 0.282 e. The van der Waals surface area contributed by atoms with Crippen molar-refractivity contribution in [3.05, 3.63) is 75.8 Å². The lowest BCUT2D eigenvalue weighted by Gasteiger charge is -2.25. The van der Waals surface area contributed by atoms with E-state index in [0.29, 0.717) is 6.54 Å². The summed E-state index contributed by atoms with van der Waals surface area (Å²) >= 11 is 0. The molecule has 0 radical (unpaired) electrons. The number of carbonyl (C=O) groups excluding carboxylic acids is 1. The Balaban J connectivity index is 2.13. The molecule has 1 atom stereocenters. The molecule has 0 saturated carbocycles. The fourth-order valence-corrected chi connectivity index (χ4v) is 2.38. The first kappa shape index (κ1) is 16.6. The number of benzene rings is 2. The van der Waals surface area contributed by atoms with Crippen LogP contribution in [-0.4, -0.2) is 36.4 Å². The molecule has 0 bridgehead atoms. The second-order valence-electron chi connectivity index (χ2n) is 5.37. The van der Waals surface area contributed by atoms with Crippen LogP contribution in [0.4, 0.5) is 5.69 Å². The molecule has 1 N–H and O–H groups in total. The minimum atomic E-state index is -0.546. The van der Waals surface area contributed by atoms with Crippen LogP contribution in [0.3, 0.4) is 0 Å². The molecule has 6 heteroatoms. The number of rotatable bonds is 6. The molecule has 0 heterocycles. The first-order valence-corrected chi connectivity index (χ1v) is 7.23. The summed E-state index contributed by atoms with van der Waals surface area (Å²) in [5.74, 6) is -0.444. The van der Waals surface area contributed by atoms with Crippen molar-refractivity contribution in [2.45, 2.75) is 6.04 Å². The van der Waals surface area contributed by atoms with Crippen LogP contribution in [-0.2, 0) is 0 Å². The van der Waals surface area contributed by atoms with Gasteiger partial charge in [-0.25, -0.2) is 0 Å². The number of nitro benzene ring substituents is 1. The Bertz CT molecular complexity index is 686. The second kappa shape index (κ2) is 7.51. The zero-order chi connectivity index (χ0) is 16.8. The maximum atomic E-state index is 12.3. The molecule has 0 unspecified atom stereocenters. The highest BCUT2D eigenvalue weighted by Gasteiger charge is 2.21. The van der Waals surface area contributed by atoms with Crippen LogP contribution in [0.5, 0.6) is 0 Å². The quantitative estimate of drug-likeness (QED) is 0.657. The third-order valence-corrected chi connectivity index (χ3v) is 3.61. The van der Waals surface area contributed by atoms with Crippen molar-refractivity contribution in [2.75, 3.05) is 20.6 Å². The molecule has 0 aliphatic rings. The minimum absolute atomic E-state index is 0.0112. The van der Waals surface area contributed by atoms with E-state index in [4.69, 9.17) is 0 Å². The summed E-state index contributed by atoms with van der Waals surface area (Å²) < 4.78 is 0. The van der Waals surface area contributed by atoms with E-state index in [-0.39, 0.29) is 17.3 Å². The number of nitrogens with one attached hydrogen (secondary N) is 1. The van der Waals surface area contributed by atoms with Gasteiger partial charge in [0.15, 0.2) is 0 Å². The highest BCUT2D eigenvalue weighted by molar-refractivity contribution is 5.98. The molecular formula is C17H19N3O3. The van der Waals surface area contributed by atoms with E-state index in [1.54, 1.807) is 12.1 Å². The van der Waals surface area contributed by atoms with Crippen molar-refractivity contribution < 1.29 is 9.72 Å². The molecule has 1 amide bonds. The lowest BCUT2D eigenvalue weighted by molar-refractivity contribution is -0.385. The first-order valence-electron chi connectivity index (χ1n) is 7.23. The molecule has 0 aliphatic heterocycles. The Hall–Kier alpha value is -2.73. The van der Waals surface area contributed by atoms with Crippen molar-refractivity contribution in [1.82, 2.24) is 10.2 Å². The van der Waals surface area contributed by atoms with Crippen molar-refractivity contribution in [3.8, 4) is 0 Å². The normalized spacial score (nSPS) is 12.0. The number of nitro groups is 1. The van der Waals surface area contributed by atoms with Gasteiger partial charge in [0.05, 0.1) is 11.0 Å². The molecule has 0 aliphatic carbocycles. The summed E-state index contributed by atoms with van der Waals surface area (Å²) in [4.78, 5) is 24.8. The van der Waals surface area contributed by atoms with Gasteiger partial charge in [-0.2, -0.15) is 0 Å².